The van der Waals surface area contributed by atoms with Crippen LogP contribution in [0.5, 0.6) is 0 Å². The first-order valence-electron chi connectivity index (χ1n) is 9.01. The molecule has 1 aliphatic heterocycles. The second kappa shape index (κ2) is 6.14. The van der Waals surface area contributed by atoms with Crippen LogP contribution in [0.25, 0.3) is 10.9 Å². The maximum atomic E-state index is 12.6. The number of carbonyl (C=O) groups is 2. The molecule has 4 rings (SSSR count). The predicted octanol–water partition coefficient (Wildman–Crippen LogP) is 2.76. The normalized spacial score (nSPS) is 19.6. The quantitative estimate of drug-likeness (QED) is 0.937. The highest BCUT2D eigenvalue weighted by Crippen LogP contribution is 2.53. The van der Waals surface area contributed by atoms with Gasteiger partial charge in [0.2, 0.25) is 5.91 Å². The number of piperidine rings is 1. The summed E-state index contributed by atoms with van der Waals surface area (Å²) >= 11 is 0. The topological polar surface area (TPSA) is 62.3 Å². The number of likely N-dealkylation sites (tertiary alicyclic amines) is 1. The van der Waals surface area contributed by atoms with Gasteiger partial charge in [-0.25, -0.2) is 0 Å². The maximum absolute atomic E-state index is 12.6. The number of fused-ring (bicyclic) bond motifs is 1. The van der Waals surface area contributed by atoms with Crippen molar-refractivity contribution in [2.75, 3.05) is 13.1 Å². The van der Waals surface area contributed by atoms with Gasteiger partial charge in [-0.1, -0.05) is 18.2 Å². The van der Waals surface area contributed by atoms with Crippen molar-refractivity contribution in [1.82, 2.24) is 15.2 Å². The Hall–Kier alpha value is -2.43. The van der Waals surface area contributed by atoms with Crippen molar-refractivity contribution >= 4 is 22.7 Å². The Bertz CT molecular complexity index is 819. The summed E-state index contributed by atoms with van der Waals surface area (Å²) < 4.78 is 0. The van der Waals surface area contributed by atoms with Crippen molar-refractivity contribution in [3.05, 3.63) is 42.1 Å². The van der Waals surface area contributed by atoms with Crippen molar-refractivity contribution < 1.29 is 9.59 Å². The average molecular weight is 337 g/mol. The highest BCUT2D eigenvalue weighted by molar-refractivity contribution is 5.99. The van der Waals surface area contributed by atoms with Gasteiger partial charge < -0.3 is 10.2 Å². The summed E-state index contributed by atoms with van der Waals surface area (Å²) in [4.78, 5) is 31.3. The molecule has 2 aromatic rings. The molecule has 2 heterocycles. The number of carbonyl (C=O) groups excluding carboxylic acids is 2. The summed E-state index contributed by atoms with van der Waals surface area (Å²) in [6.45, 7) is 3.39. The molecule has 5 nitrogen and oxygen atoms in total. The third-order valence-corrected chi connectivity index (χ3v) is 5.66. The molecule has 1 unspecified atom stereocenters. The number of rotatable bonds is 3. The van der Waals surface area contributed by atoms with Crippen molar-refractivity contribution in [3.63, 3.8) is 0 Å². The minimum absolute atomic E-state index is 0.0117. The molecule has 0 bridgehead atoms. The van der Waals surface area contributed by atoms with E-state index < -0.39 is 6.04 Å². The van der Waals surface area contributed by atoms with Crippen molar-refractivity contribution in [3.8, 4) is 0 Å². The minimum atomic E-state index is -0.521. The molecule has 25 heavy (non-hydrogen) atoms. The van der Waals surface area contributed by atoms with Crippen LogP contribution in [0.3, 0.4) is 0 Å². The second-order valence-electron chi connectivity index (χ2n) is 7.44. The number of para-hydroxylation sites is 1. The van der Waals surface area contributed by atoms with E-state index in [0.29, 0.717) is 11.0 Å². The van der Waals surface area contributed by atoms with E-state index in [-0.39, 0.29) is 11.8 Å². The van der Waals surface area contributed by atoms with Crippen LogP contribution in [-0.4, -0.2) is 40.8 Å². The van der Waals surface area contributed by atoms with Gasteiger partial charge in [0.1, 0.15) is 6.04 Å². The Morgan fingerprint density at radius 2 is 1.88 bits per heavy atom. The molecule has 1 aliphatic carbocycles. The lowest BCUT2D eigenvalue weighted by Crippen LogP contribution is -2.49. The Labute approximate surface area is 147 Å². The summed E-state index contributed by atoms with van der Waals surface area (Å²) in [6.07, 6.45) is 6.40. The van der Waals surface area contributed by atoms with E-state index in [0.717, 1.165) is 36.8 Å². The van der Waals surface area contributed by atoms with E-state index in [4.69, 9.17) is 0 Å². The Kier molecular flexibility index (Phi) is 3.94. The van der Waals surface area contributed by atoms with E-state index in [9.17, 15) is 9.59 Å². The molecule has 5 heteroatoms. The summed E-state index contributed by atoms with van der Waals surface area (Å²) in [6, 6.07) is 8.96. The lowest BCUT2D eigenvalue weighted by Gasteiger charge is -2.33. The zero-order chi connectivity index (χ0) is 17.4. The largest absolute Gasteiger partial charge is 0.341 e. The number of aromatic nitrogens is 1. The summed E-state index contributed by atoms with van der Waals surface area (Å²) in [5.41, 5.74) is 1.87. The zero-order valence-electron chi connectivity index (χ0n) is 14.5. The third kappa shape index (κ3) is 3.23. The van der Waals surface area contributed by atoms with Gasteiger partial charge in [-0.05, 0) is 50.2 Å². The van der Waals surface area contributed by atoms with Gasteiger partial charge >= 0.3 is 0 Å². The van der Waals surface area contributed by atoms with E-state index in [1.54, 1.807) is 13.1 Å². The highest BCUT2D eigenvalue weighted by Gasteiger charge is 2.45. The number of benzene rings is 1. The predicted molar refractivity (Wildman–Crippen MR) is 96.2 cm³/mol. The lowest BCUT2D eigenvalue weighted by atomic mass is 9.93. The van der Waals surface area contributed by atoms with Crippen molar-refractivity contribution in [2.24, 2.45) is 5.41 Å². The van der Waals surface area contributed by atoms with Crippen LogP contribution in [-0.2, 0) is 4.79 Å². The van der Waals surface area contributed by atoms with E-state index in [2.05, 4.69) is 10.3 Å². The molecule has 0 radical (unpaired) electrons. The number of amides is 2. The van der Waals surface area contributed by atoms with Crippen molar-refractivity contribution in [2.45, 2.75) is 38.6 Å². The zero-order valence-corrected chi connectivity index (χ0v) is 14.5. The Balaban J connectivity index is 1.39. The molecule has 1 N–H and O–H groups in total. The fourth-order valence-electron chi connectivity index (χ4n) is 3.69. The molecule has 1 atom stereocenters. The third-order valence-electron chi connectivity index (χ3n) is 5.66. The molecular formula is C20H23N3O2. The molecular weight excluding hydrogens is 314 g/mol. The van der Waals surface area contributed by atoms with Gasteiger partial charge in [-0.2, -0.15) is 0 Å². The van der Waals surface area contributed by atoms with Crippen LogP contribution < -0.4 is 5.32 Å². The molecule has 1 aromatic carbocycles. The molecule has 1 saturated heterocycles. The van der Waals surface area contributed by atoms with E-state index >= 15 is 0 Å². The SMILES string of the molecule is CC(NC(=O)c1cnc2ccccc2c1)C(=O)N1CCC2(CC1)CC2. The highest BCUT2D eigenvalue weighted by atomic mass is 16.2. The molecule has 1 spiro atoms. The molecule has 1 aromatic heterocycles. The van der Waals surface area contributed by atoms with Crippen LogP contribution in [0.15, 0.2) is 36.5 Å². The molecule has 2 amide bonds. The first-order valence-corrected chi connectivity index (χ1v) is 9.01. The van der Waals surface area contributed by atoms with E-state index in [1.165, 1.54) is 12.8 Å². The summed E-state index contributed by atoms with van der Waals surface area (Å²) in [5, 5.41) is 3.74. The van der Waals surface area contributed by atoms with Crippen LogP contribution in [0.1, 0.15) is 43.0 Å². The van der Waals surface area contributed by atoms with Gasteiger partial charge in [0.15, 0.2) is 0 Å². The Morgan fingerprint density at radius 3 is 2.60 bits per heavy atom. The van der Waals surface area contributed by atoms with Gasteiger partial charge in [-0.3, -0.25) is 14.6 Å². The second-order valence-corrected chi connectivity index (χ2v) is 7.44. The lowest BCUT2D eigenvalue weighted by molar-refractivity contribution is -0.134. The number of nitrogens with zero attached hydrogens (tertiary/aromatic N) is 2. The van der Waals surface area contributed by atoms with Crippen LogP contribution in [0.2, 0.25) is 0 Å². The monoisotopic (exact) mass is 337 g/mol. The molecule has 2 fully saturated rings. The Morgan fingerprint density at radius 1 is 1.16 bits per heavy atom. The molecule has 2 aliphatic rings. The fraction of sp³-hybridized carbons (Fsp3) is 0.450. The van der Waals surface area contributed by atoms with Crippen molar-refractivity contribution in [1.29, 1.82) is 0 Å². The average Bonchev–Trinajstić information content (AvgIpc) is 3.40. The number of nitrogens with one attached hydrogen (secondary N) is 1. The van der Waals surface area contributed by atoms with Gasteiger partial charge in [0, 0.05) is 24.7 Å². The maximum Gasteiger partial charge on any atom is 0.253 e. The summed E-state index contributed by atoms with van der Waals surface area (Å²) in [5.74, 6) is -0.243. The smallest absolute Gasteiger partial charge is 0.253 e. The van der Waals surface area contributed by atoms with Gasteiger partial charge in [0.25, 0.3) is 5.91 Å². The fourth-order valence-corrected chi connectivity index (χ4v) is 3.69. The number of pyridine rings is 1. The summed E-state index contributed by atoms with van der Waals surface area (Å²) in [7, 11) is 0. The first-order chi connectivity index (χ1) is 12.1. The van der Waals surface area contributed by atoms with Crippen LogP contribution in [0.4, 0.5) is 0 Å². The number of hydrogen-bond acceptors (Lipinski definition) is 3. The molecule has 1 saturated carbocycles. The molecule has 130 valence electrons. The van der Waals surface area contributed by atoms with Gasteiger partial charge in [0.05, 0.1) is 11.1 Å². The number of hydrogen-bond donors (Lipinski definition) is 1. The van der Waals surface area contributed by atoms with E-state index in [1.807, 2.05) is 35.2 Å². The minimum Gasteiger partial charge on any atom is -0.341 e. The van der Waals surface area contributed by atoms with Crippen LogP contribution >= 0.6 is 0 Å². The standard InChI is InChI=1S/C20H23N3O2/c1-14(19(25)23-10-8-20(6-7-20)9-11-23)22-18(24)16-12-15-4-2-3-5-17(15)21-13-16/h2-5,12-14H,6-11H2,1H3,(H,22,24). The van der Waals surface area contributed by atoms with Gasteiger partial charge in [-0.15, -0.1) is 0 Å². The van der Waals surface area contributed by atoms with Crippen LogP contribution in [0, 0.1) is 5.41 Å². The first kappa shape index (κ1) is 16.1.